The van der Waals surface area contributed by atoms with Crippen LogP contribution in [0.5, 0.6) is 17.2 Å². The maximum atomic E-state index is 13.3. The van der Waals surface area contributed by atoms with Crippen molar-refractivity contribution in [3.8, 4) is 17.2 Å². The first kappa shape index (κ1) is 22.9. The van der Waals surface area contributed by atoms with Gasteiger partial charge in [0.05, 0.1) is 26.4 Å². The summed E-state index contributed by atoms with van der Waals surface area (Å²) in [6.07, 6.45) is 2.68. The van der Waals surface area contributed by atoms with E-state index in [1.54, 1.807) is 37.3 Å². The highest BCUT2D eigenvalue weighted by Crippen LogP contribution is 2.32. The summed E-state index contributed by atoms with van der Waals surface area (Å²) < 4.78 is 44.0. The fraction of sp³-hybridized carbons (Fsp3) is 0.409. The molecule has 2 aromatic rings. The molecular formula is C22H28N2O6S. The number of sulfonamides is 1. The summed E-state index contributed by atoms with van der Waals surface area (Å²) >= 11 is 0. The standard InChI is InChI=1S/C22H28N2O6S/c1-4-30-19-11-8-16(14-21(19)31(26,27)24-12-6-5-7-13-24)23-22(25)18-10-9-17(28-2)15-20(18)29-3/h8-11,14-15H,4-7,12-13H2,1-3H3,(H,23,25). The van der Waals surface area contributed by atoms with Crippen LogP contribution >= 0.6 is 0 Å². The van der Waals surface area contributed by atoms with Gasteiger partial charge in [0.1, 0.15) is 22.1 Å². The molecular weight excluding hydrogens is 420 g/mol. The maximum absolute atomic E-state index is 13.3. The molecule has 0 aromatic heterocycles. The number of carbonyl (C=O) groups excluding carboxylic acids is 1. The van der Waals surface area contributed by atoms with Gasteiger partial charge in [-0.2, -0.15) is 4.31 Å². The van der Waals surface area contributed by atoms with Crippen molar-refractivity contribution in [2.24, 2.45) is 0 Å². The number of amides is 1. The molecule has 1 amide bonds. The van der Waals surface area contributed by atoms with E-state index in [2.05, 4.69) is 5.32 Å². The highest BCUT2D eigenvalue weighted by atomic mass is 32.2. The van der Waals surface area contributed by atoms with Crippen molar-refractivity contribution in [1.29, 1.82) is 0 Å². The zero-order valence-corrected chi connectivity index (χ0v) is 18.8. The number of nitrogens with zero attached hydrogens (tertiary/aromatic N) is 1. The first-order valence-electron chi connectivity index (χ1n) is 10.2. The zero-order valence-electron chi connectivity index (χ0n) is 18.0. The van der Waals surface area contributed by atoms with Crippen LogP contribution in [0.25, 0.3) is 0 Å². The summed E-state index contributed by atoms with van der Waals surface area (Å²) in [4.78, 5) is 12.9. The highest BCUT2D eigenvalue weighted by Gasteiger charge is 2.29. The Morgan fingerprint density at radius 2 is 1.74 bits per heavy atom. The van der Waals surface area contributed by atoms with Gasteiger partial charge in [-0.1, -0.05) is 6.42 Å². The van der Waals surface area contributed by atoms with Crippen molar-refractivity contribution in [3.63, 3.8) is 0 Å². The molecule has 1 aliphatic heterocycles. The van der Waals surface area contributed by atoms with Crippen LogP contribution in [-0.2, 0) is 10.0 Å². The van der Waals surface area contributed by atoms with E-state index in [4.69, 9.17) is 14.2 Å². The number of hydrogen-bond donors (Lipinski definition) is 1. The summed E-state index contributed by atoms with van der Waals surface area (Å²) in [6, 6.07) is 9.49. The molecule has 0 bridgehead atoms. The van der Waals surface area contributed by atoms with Crippen molar-refractivity contribution in [2.75, 3.05) is 39.2 Å². The topological polar surface area (TPSA) is 94.2 Å². The Hall–Kier alpha value is -2.78. The third kappa shape index (κ3) is 5.11. The minimum absolute atomic E-state index is 0.0516. The van der Waals surface area contributed by atoms with Gasteiger partial charge < -0.3 is 19.5 Å². The number of carbonyl (C=O) groups is 1. The van der Waals surface area contributed by atoms with E-state index in [1.165, 1.54) is 24.6 Å². The predicted molar refractivity (Wildman–Crippen MR) is 118 cm³/mol. The molecule has 3 rings (SSSR count). The lowest BCUT2D eigenvalue weighted by Crippen LogP contribution is -2.35. The van der Waals surface area contributed by atoms with Crippen molar-refractivity contribution in [3.05, 3.63) is 42.0 Å². The molecule has 0 unspecified atom stereocenters. The smallest absolute Gasteiger partial charge is 0.259 e. The van der Waals surface area contributed by atoms with E-state index >= 15 is 0 Å². The summed E-state index contributed by atoms with van der Waals surface area (Å²) in [6.45, 7) is 3.08. The highest BCUT2D eigenvalue weighted by molar-refractivity contribution is 7.89. The first-order valence-corrected chi connectivity index (χ1v) is 11.6. The molecule has 0 saturated carbocycles. The molecule has 31 heavy (non-hydrogen) atoms. The zero-order chi connectivity index (χ0) is 22.4. The largest absolute Gasteiger partial charge is 0.497 e. The maximum Gasteiger partial charge on any atom is 0.259 e. The number of piperidine rings is 1. The average Bonchev–Trinajstić information content (AvgIpc) is 2.80. The number of rotatable bonds is 8. The predicted octanol–water partition coefficient (Wildman–Crippen LogP) is 3.53. The van der Waals surface area contributed by atoms with Crippen LogP contribution in [0.2, 0.25) is 0 Å². The molecule has 0 aliphatic carbocycles. The second-order valence-electron chi connectivity index (χ2n) is 7.08. The van der Waals surface area contributed by atoms with E-state index in [0.29, 0.717) is 42.4 Å². The average molecular weight is 449 g/mol. The van der Waals surface area contributed by atoms with E-state index in [-0.39, 0.29) is 10.6 Å². The Morgan fingerprint density at radius 1 is 1.00 bits per heavy atom. The van der Waals surface area contributed by atoms with Gasteiger partial charge in [-0.05, 0) is 50.1 Å². The molecule has 1 fully saturated rings. The third-order valence-corrected chi connectivity index (χ3v) is 7.01. The number of nitrogens with one attached hydrogen (secondary N) is 1. The van der Waals surface area contributed by atoms with E-state index in [9.17, 15) is 13.2 Å². The molecule has 1 N–H and O–H groups in total. The van der Waals surface area contributed by atoms with E-state index in [0.717, 1.165) is 19.3 Å². The Morgan fingerprint density at radius 3 is 2.39 bits per heavy atom. The Labute approximate surface area is 183 Å². The van der Waals surface area contributed by atoms with Crippen molar-refractivity contribution in [1.82, 2.24) is 4.31 Å². The van der Waals surface area contributed by atoms with Gasteiger partial charge in [0.15, 0.2) is 0 Å². The number of benzene rings is 2. The van der Waals surface area contributed by atoms with E-state index < -0.39 is 15.9 Å². The molecule has 2 aromatic carbocycles. The molecule has 1 aliphatic rings. The van der Waals surface area contributed by atoms with Crippen LogP contribution in [0.3, 0.4) is 0 Å². The lowest BCUT2D eigenvalue weighted by Gasteiger charge is -2.27. The van der Waals surface area contributed by atoms with Crippen molar-refractivity contribution >= 4 is 21.6 Å². The molecule has 0 spiro atoms. The quantitative estimate of drug-likeness (QED) is 0.664. The minimum atomic E-state index is -3.74. The monoisotopic (exact) mass is 448 g/mol. The second-order valence-corrected chi connectivity index (χ2v) is 8.99. The van der Waals surface area contributed by atoms with Crippen LogP contribution in [-0.4, -0.2) is 52.5 Å². The molecule has 1 heterocycles. The van der Waals surface area contributed by atoms with Gasteiger partial charge in [-0.3, -0.25) is 4.79 Å². The fourth-order valence-corrected chi connectivity index (χ4v) is 5.17. The number of hydrogen-bond acceptors (Lipinski definition) is 6. The Bertz CT molecular complexity index is 1030. The fourth-order valence-electron chi connectivity index (χ4n) is 3.49. The molecule has 0 atom stereocenters. The van der Waals surface area contributed by atoms with Crippen LogP contribution in [0.15, 0.2) is 41.3 Å². The third-order valence-electron chi connectivity index (χ3n) is 5.09. The molecule has 0 radical (unpaired) electrons. The lowest BCUT2D eigenvalue weighted by atomic mass is 10.1. The van der Waals surface area contributed by atoms with Crippen molar-refractivity contribution in [2.45, 2.75) is 31.1 Å². The van der Waals surface area contributed by atoms with Crippen LogP contribution in [0, 0.1) is 0 Å². The van der Waals surface area contributed by atoms with Gasteiger partial charge in [0, 0.05) is 24.8 Å². The van der Waals surface area contributed by atoms with Gasteiger partial charge in [0.25, 0.3) is 5.91 Å². The Kier molecular flexibility index (Phi) is 7.40. The molecule has 9 heteroatoms. The number of ether oxygens (including phenoxy) is 3. The van der Waals surface area contributed by atoms with Crippen LogP contribution < -0.4 is 19.5 Å². The second kappa shape index (κ2) is 10.0. The molecule has 168 valence electrons. The lowest BCUT2D eigenvalue weighted by molar-refractivity contribution is 0.102. The normalized spacial score (nSPS) is 14.7. The summed E-state index contributed by atoms with van der Waals surface area (Å²) in [7, 11) is -0.753. The van der Waals surface area contributed by atoms with Gasteiger partial charge in [0.2, 0.25) is 10.0 Å². The van der Waals surface area contributed by atoms with Gasteiger partial charge in [-0.15, -0.1) is 0 Å². The summed E-state index contributed by atoms with van der Waals surface area (Å²) in [5.41, 5.74) is 0.652. The first-order chi connectivity index (χ1) is 14.9. The number of methoxy groups -OCH3 is 2. The van der Waals surface area contributed by atoms with Crippen LogP contribution in [0.4, 0.5) is 5.69 Å². The summed E-state index contributed by atoms with van der Waals surface area (Å²) in [5.74, 6) is 0.756. The molecule has 8 nitrogen and oxygen atoms in total. The van der Waals surface area contributed by atoms with Crippen molar-refractivity contribution < 1.29 is 27.4 Å². The van der Waals surface area contributed by atoms with Gasteiger partial charge >= 0.3 is 0 Å². The minimum Gasteiger partial charge on any atom is -0.497 e. The SMILES string of the molecule is CCOc1ccc(NC(=O)c2ccc(OC)cc2OC)cc1S(=O)(=O)N1CCCCC1. The van der Waals surface area contributed by atoms with Crippen LogP contribution in [0.1, 0.15) is 36.5 Å². The Balaban J connectivity index is 1.92. The number of anilines is 1. The molecule has 1 saturated heterocycles. The summed E-state index contributed by atoms with van der Waals surface area (Å²) in [5, 5.41) is 2.76. The van der Waals surface area contributed by atoms with Gasteiger partial charge in [-0.25, -0.2) is 8.42 Å². The van der Waals surface area contributed by atoms with E-state index in [1.807, 2.05) is 0 Å².